The van der Waals surface area contributed by atoms with Gasteiger partial charge < -0.3 is 15.2 Å². The molecule has 0 aromatic heterocycles. The Labute approximate surface area is 194 Å². The lowest BCUT2D eigenvalue weighted by molar-refractivity contribution is -0.151. The smallest absolute Gasteiger partial charge is 0.352 e. The molecule has 2 N–H and O–H groups in total. The van der Waals surface area contributed by atoms with Crippen molar-refractivity contribution < 1.29 is 29.0 Å². The minimum absolute atomic E-state index is 0.168. The summed E-state index contributed by atoms with van der Waals surface area (Å²) in [7, 11) is 0. The summed E-state index contributed by atoms with van der Waals surface area (Å²) in [6, 6.07) is 6.41. The Morgan fingerprint density at radius 3 is 2.50 bits per heavy atom. The van der Waals surface area contributed by atoms with E-state index in [9.17, 15) is 24.3 Å². The molecule has 1 aromatic carbocycles. The molecule has 2 aliphatic heterocycles. The molecule has 2 heterocycles. The number of ether oxygens (including phenoxy) is 1. The molecule has 3 aliphatic rings. The fourth-order valence-corrected chi connectivity index (χ4v) is 6.11. The van der Waals surface area contributed by atoms with Crippen LogP contribution in [-0.4, -0.2) is 57.5 Å². The van der Waals surface area contributed by atoms with Gasteiger partial charge in [-0.1, -0.05) is 36.6 Å². The van der Waals surface area contributed by atoms with E-state index in [1.165, 1.54) is 23.6 Å². The molecule has 0 radical (unpaired) electrons. The topological polar surface area (TPSA) is 113 Å². The fourth-order valence-electron chi connectivity index (χ4n) is 4.66. The lowest BCUT2D eigenvalue weighted by Gasteiger charge is -2.50. The first-order valence-corrected chi connectivity index (χ1v) is 11.8. The Morgan fingerprint density at radius 2 is 1.91 bits per heavy atom. The van der Waals surface area contributed by atoms with Gasteiger partial charge in [0.15, 0.2) is 0 Å². The standard InChI is InChI=1S/C22H23ClN2O6S/c1-12(26)31-10-13-11-32-19-16(18(27)25(19)17(13)20(28)29)24-21(30)22(8-2-3-9-22)14-4-6-15(23)7-5-14/h4-7,16,19H,2-3,8-11H2,1H3,(H,24,30)(H,28,29). The fraction of sp³-hybridized carbons (Fsp3) is 0.455. The molecule has 1 saturated carbocycles. The zero-order valence-electron chi connectivity index (χ0n) is 17.4. The quantitative estimate of drug-likeness (QED) is 0.477. The molecule has 2 unspecified atom stereocenters. The van der Waals surface area contributed by atoms with Crippen LogP contribution < -0.4 is 5.32 Å². The zero-order chi connectivity index (χ0) is 23.0. The highest BCUT2D eigenvalue weighted by molar-refractivity contribution is 8.00. The number of carboxylic acids is 1. The van der Waals surface area contributed by atoms with Crippen LogP contribution in [0.15, 0.2) is 35.5 Å². The first-order chi connectivity index (χ1) is 15.2. The highest BCUT2D eigenvalue weighted by atomic mass is 35.5. The number of benzene rings is 1. The average Bonchev–Trinajstić information content (AvgIpc) is 3.26. The van der Waals surface area contributed by atoms with Gasteiger partial charge in [-0.15, -0.1) is 11.8 Å². The van der Waals surface area contributed by atoms with Crippen molar-refractivity contribution in [3.63, 3.8) is 0 Å². The Morgan fingerprint density at radius 1 is 1.25 bits per heavy atom. The number of rotatable bonds is 6. The van der Waals surface area contributed by atoms with Gasteiger partial charge in [0.25, 0.3) is 5.91 Å². The maximum Gasteiger partial charge on any atom is 0.352 e. The lowest BCUT2D eigenvalue weighted by atomic mass is 9.77. The van der Waals surface area contributed by atoms with Crippen molar-refractivity contribution in [3.8, 4) is 0 Å². The Kier molecular flexibility index (Phi) is 6.22. The molecular formula is C22H23ClN2O6S. The third kappa shape index (κ3) is 3.88. The number of nitrogens with zero attached hydrogens (tertiary/aromatic N) is 1. The summed E-state index contributed by atoms with van der Waals surface area (Å²) in [5.74, 6) is -2.19. The lowest BCUT2D eigenvalue weighted by Crippen LogP contribution is -2.71. The van der Waals surface area contributed by atoms with E-state index in [2.05, 4.69) is 5.32 Å². The van der Waals surface area contributed by atoms with E-state index in [0.717, 1.165) is 18.4 Å². The van der Waals surface area contributed by atoms with Crippen LogP contribution in [0.3, 0.4) is 0 Å². The molecule has 2 amide bonds. The summed E-state index contributed by atoms with van der Waals surface area (Å²) in [4.78, 5) is 50.5. The number of carbonyl (C=O) groups is 4. The van der Waals surface area contributed by atoms with Crippen LogP contribution in [0.4, 0.5) is 0 Å². The molecule has 0 spiro atoms. The summed E-state index contributed by atoms with van der Waals surface area (Å²) < 4.78 is 4.94. The summed E-state index contributed by atoms with van der Waals surface area (Å²) in [5, 5.41) is 12.6. The van der Waals surface area contributed by atoms with Crippen molar-refractivity contribution in [1.82, 2.24) is 10.2 Å². The normalized spacial score (nSPS) is 23.9. The predicted octanol–water partition coefficient (Wildman–Crippen LogP) is 2.45. The van der Waals surface area contributed by atoms with Crippen LogP contribution in [0, 0.1) is 0 Å². The number of nitrogens with one attached hydrogen (secondary N) is 1. The summed E-state index contributed by atoms with van der Waals surface area (Å²) >= 11 is 7.36. The van der Waals surface area contributed by atoms with Crippen molar-refractivity contribution in [2.24, 2.45) is 0 Å². The third-order valence-corrected chi connectivity index (χ3v) is 7.87. The molecule has 170 valence electrons. The number of fused-ring (bicyclic) bond motifs is 1. The molecule has 8 nitrogen and oxygen atoms in total. The second-order valence-electron chi connectivity index (χ2n) is 8.19. The van der Waals surface area contributed by atoms with Gasteiger partial charge in [-0.3, -0.25) is 19.3 Å². The number of carbonyl (C=O) groups excluding carboxylic acids is 3. The van der Waals surface area contributed by atoms with Crippen molar-refractivity contribution in [1.29, 1.82) is 0 Å². The highest BCUT2D eigenvalue weighted by Gasteiger charge is 2.56. The van der Waals surface area contributed by atoms with Crippen LogP contribution in [0.2, 0.25) is 5.02 Å². The minimum atomic E-state index is -1.26. The monoisotopic (exact) mass is 478 g/mol. The third-order valence-electron chi connectivity index (χ3n) is 6.27. The van der Waals surface area contributed by atoms with E-state index >= 15 is 0 Å². The van der Waals surface area contributed by atoms with E-state index in [-0.39, 0.29) is 24.0 Å². The number of amides is 2. The van der Waals surface area contributed by atoms with Crippen LogP contribution in [0.5, 0.6) is 0 Å². The van der Waals surface area contributed by atoms with Gasteiger partial charge in [0.2, 0.25) is 5.91 Å². The maximum atomic E-state index is 13.4. The number of hydrogen-bond acceptors (Lipinski definition) is 6. The van der Waals surface area contributed by atoms with Crippen LogP contribution in [0.1, 0.15) is 38.2 Å². The van der Waals surface area contributed by atoms with E-state index in [1.807, 2.05) is 12.1 Å². The minimum Gasteiger partial charge on any atom is -0.477 e. The molecule has 4 rings (SSSR count). The zero-order valence-corrected chi connectivity index (χ0v) is 19.0. The Bertz CT molecular complexity index is 1000. The Balaban J connectivity index is 1.54. The maximum absolute atomic E-state index is 13.4. The SMILES string of the molecule is CC(=O)OCC1=C(C(=O)O)N2C(=O)C(NC(=O)C3(c4ccc(Cl)cc4)CCCC3)C2SC1. The van der Waals surface area contributed by atoms with Gasteiger partial charge in [-0.2, -0.15) is 0 Å². The number of aliphatic carboxylic acids is 1. The highest BCUT2D eigenvalue weighted by Crippen LogP contribution is 2.44. The van der Waals surface area contributed by atoms with Crippen molar-refractivity contribution >= 4 is 47.1 Å². The van der Waals surface area contributed by atoms with E-state index in [1.54, 1.807) is 12.1 Å². The predicted molar refractivity (Wildman–Crippen MR) is 118 cm³/mol. The molecule has 0 bridgehead atoms. The van der Waals surface area contributed by atoms with Crippen molar-refractivity contribution in [2.45, 2.75) is 49.4 Å². The first kappa shape index (κ1) is 22.7. The van der Waals surface area contributed by atoms with Crippen molar-refractivity contribution in [2.75, 3.05) is 12.4 Å². The van der Waals surface area contributed by atoms with Gasteiger partial charge >= 0.3 is 11.9 Å². The molecule has 2 atom stereocenters. The van der Waals surface area contributed by atoms with Crippen LogP contribution in [-0.2, 0) is 29.3 Å². The second-order valence-corrected chi connectivity index (χ2v) is 9.74. The van der Waals surface area contributed by atoms with Gasteiger partial charge in [-0.05, 0) is 30.5 Å². The largest absolute Gasteiger partial charge is 0.477 e. The average molecular weight is 479 g/mol. The number of β-lactam (4-membered cyclic amide) rings is 1. The van der Waals surface area contributed by atoms with E-state index in [4.69, 9.17) is 16.3 Å². The number of thioether (sulfide) groups is 1. The van der Waals surface area contributed by atoms with Gasteiger partial charge in [0.1, 0.15) is 23.7 Å². The first-order valence-electron chi connectivity index (χ1n) is 10.3. The molecule has 10 heteroatoms. The summed E-state index contributed by atoms with van der Waals surface area (Å²) in [6.07, 6.45) is 3.17. The number of esters is 1. The summed E-state index contributed by atoms with van der Waals surface area (Å²) in [5.41, 5.74) is 0.335. The molecule has 1 aromatic rings. The van der Waals surface area contributed by atoms with Gasteiger partial charge in [-0.25, -0.2) is 4.79 Å². The van der Waals surface area contributed by atoms with Gasteiger partial charge in [0, 0.05) is 23.3 Å². The molecule has 32 heavy (non-hydrogen) atoms. The number of carboxylic acid groups (broad SMARTS) is 1. The molecule has 2 fully saturated rings. The van der Waals surface area contributed by atoms with Crippen LogP contribution in [0.25, 0.3) is 0 Å². The van der Waals surface area contributed by atoms with E-state index < -0.39 is 34.7 Å². The van der Waals surface area contributed by atoms with Gasteiger partial charge in [0.05, 0.1) is 5.41 Å². The molecule has 1 aliphatic carbocycles. The molecular weight excluding hydrogens is 456 g/mol. The van der Waals surface area contributed by atoms with E-state index in [0.29, 0.717) is 23.4 Å². The number of halogens is 1. The number of hydrogen-bond donors (Lipinski definition) is 2. The molecule has 1 saturated heterocycles. The van der Waals surface area contributed by atoms with Crippen LogP contribution >= 0.6 is 23.4 Å². The Hall–Kier alpha value is -2.52. The second kappa shape index (κ2) is 8.78. The summed E-state index contributed by atoms with van der Waals surface area (Å²) in [6.45, 7) is 1.05. The van der Waals surface area contributed by atoms with Crippen molar-refractivity contribution in [3.05, 3.63) is 46.1 Å².